The molecule has 0 saturated heterocycles. The van der Waals surface area contributed by atoms with Gasteiger partial charge in [-0.3, -0.25) is 4.79 Å². The number of aliphatic carboxylic acids is 2. The average molecular weight is 281 g/mol. The van der Waals surface area contributed by atoms with Gasteiger partial charge in [-0.05, 0) is 25.5 Å². The first-order valence-electron chi connectivity index (χ1n) is 5.84. The molecule has 0 spiro atoms. The third kappa shape index (κ3) is 4.60. The lowest BCUT2D eigenvalue weighted by Gasteiger charge is -2.24. The Hall–Kier alpha value is -2.57. The van der Waals surface area contributed by atoms with E-state index in [1.165, 1.54) is 19.1 Å². The molecule has 0 radical (unpaired) electrons. The molecule has 0 fully saturated rings. The van der Waals surface area contributed by atoms with Crippen molar-refractivity contribution >= 4 is 18.0 Å². The predicted molar refractivity (Wildman–Crippen MR) is 68.5 cm³/mol. The molecule has 0 aromatic heterocycles. The van der Waals surface area contributed by atoms with E-state index in [4.69, 9.17) is 14.9 Å². The van der Waals surface area contributed by atoms with Crippen LogP contribution >= 0.6 is 0 Å². The molecular weight excluding hydrogens is 266 g/mol. The van der Waals surface area contributed by atoms with Crippen molar-refractivity contribution in [1.29, 1.82) is 0 Å². The molecule has 108 valence electrons. The fourth-order valence-electron chi connectivity index (χ4n) is 1.43. The number of nitrogens with one attached hydrogen (secondary N) is 1. The fourth-order valence-corrected chi connectivity index (χ4v) is 1.43. The normalized spacial score (nSPS) is 13.1. The van der Waals surface area contributed by atoms with Gasteiger partial charge in [0.15, 0.2) is 0 Å². The van der Waals surface area contributed by atoms with Crippen LogP contribution in [0.15, 0.2) is 30.3 Å². The van der Waals surface area contributed by atoms with E-state index in [2.05, 4.69) is 5.32 Å². The van der Waals surface area contributed by atoms with Crippen molar-refractivity contribution in [2.24, 2.45) is 0 Å². The van der Waals surface area contributed by atoms with Crippen LogP contribution in [0, 0.1) is 0 Å². The van der Waals surface area contributed by atoms with Crippen molar-refractivity contribution in [3.8, 4) is 5.75 Å². The largest absolute Gasteiger partial charge is 0.481 e. The minimum Gasteiger partial charge on any atom is -0.481 e. The molecule has 0 aliphatic carbocycles. The van der Waals surface area contributed by atoms with Crippen LogP contribution in [0.1, 0.15) is 19.8 Å². The van der Waals surface area contributed by atoms with Crippen molar-refractivity contribution in [3.63, 3.8) is 0 Å². The molecule has 20 heavy (non-hydrogen) atoms. The lowest BCUT2D eigenvalue weighted by Crippen LogP contribution is -2.53. The lowest BCUT2D eigenvalue weighted by molar-refractivity contribution is -0.145. The molecule has 1 unspecified atom stereocenters. The Bertz CT molecular complexity index is 501. The summed E-state index contributed by atoms with van der Waals surface area (Å²) < 4.78 is 4.91. The van der Waals surface area contributed by atoms with E-state index in [1.54, 1.807) is 18.2 Å². The van der Waals surface area contributed by atoms with Crippen LogP contribution in [0.5, 0.6) is 5.75 Å². The second-order valence-electron chi connectivity index (χ2n) is 4.36. The van der Waals surface area contributed by atoms with Crippen molar-refractivity contribution in [3.05, 3.63) is 30.3 Å². The van der Waals surface area contributed by atoms with Gasteiger partial charge in [0.05, 0.1) is 0 Å². The van der Waals surface area contributed by atoms with Gasteiger partial charge in [-0.25, -0.2) is 9.59 Å². The number of hydrogen-bond donors (Lipinski definition) is 3. The Morgan fingerprint density at radius 1 is 1.20 bits per heavy atom. The van der Waals surface area contributed by atoms with E-state index < -0.39 is 23.6 Å². The van der Waals surface area contributed by atoms with Crippen LogP contribution in [-0.4, -0.2) is 33.8 Å². The molecule has 1 amide bonds. The topological polar surface area (TPSA) is 113 Å². The summed E-state index contributed by atoms with van der Waals surface area (Å²) in [6.45, 7) is 1.23. The van der Waals surface area contributed by atoms with Crippen LogP contribution in [-0.2, 0) is 9.59 Å². The standard InChI is InChI=1S/C13H15NO6/c1-13(11(17)18,8-7-10(15)16)14-12(19)20-9-5-3-2-4-6-9/h2-6H,7-8H2,1H3,(H,14,19)(H,15,16)(H,17,18). The summed E-state index contributed by atoms with van der Waals surface area (Å²) in [6.07, 6.45) is -1.58. The van der Waals surface area contributed by atoms with Gasteiger partial charge in [0, 0.05) is 6.42 Å². The number of rotatable bonds is 6. The van der Waals surface area contributed by atoms with Crippen LogP contribution < -0.4 is 10.1 Å². The Kier molecular flexibility index (Phi) is 5.08. The smallest absolute Gasteiger partial charge is 0.413 e. The van der Waals surface area contributed by atoms with E-state index in [-0.39, 0.29) is 18.6 Å². The first kappa shape index (κ1) is 15.5. The number of carbonyl (C=O) groups excluding carboxylic acids is 1. The quantitative estimate of drug-likeness (QED) is 0.728. The van der Waals surface area contributed by atoms with E-state index in [9.17, 15) is 14.4 Å². The molecule has 1 atom stereocenters. The summed E-state index contributed by atoms with van der Waals surface area (Å²) in [5.74, 6) is -2.21. The van der Waals surface area contributed by atoms with Crippen molar-refractivity contribution < 1.29 is 29.3 Å². The SMILES string of the molecule is CC(CCC(=O)O)(NC(=O)Oc1ccccc1)C(=O)O. The van der Waals surface area contributed by atoms with Gasteiger partial charge in [-0.15, -0.1) is 0 Å². The number of benzene rings is 1. The van der Waals surface area contributed by atoms with Gasteiger partial charge in [0.2, 0.25) is 0 Å². The molecule has 1 aromatic rings. The summed E-state index contributed by atoms with van der Waals surface area (Å²) in [7, 11) is 0. The summed E-state index contributed by atoms with van der Waals surface area (Å²) in [4.78, 5) is 33.3. The summed E-state index contributed by atoms with van der Waals surface area (Å²) >= 11 is 0. The minimum atomic E-state index is -1.70. The molecule has 0 aliphatic rings. The maximum atomic E-state index is 11.6. The Balaban J connectivity index is 2.68. The van der Waals surface area contributed by atoms with Gasteiger partial charge in [-0.2, -0.15) is 0 Å². The molecule has 0 heterocycles. The maximum Gasteiger partial charge on any atom is 0.413 e. The second-order valence-corrected chi connectivity index (χ2v) is 4.36. The van der Waals surface area contributed by atoms with Crippen molar-refractivity contribution in [2.75, 3.05) is 0 Å². The Morgan fingerprint density at radius 2 is 1.80 bits per heavy atom. The van der Waals surface area contributed by atoms with Crippen LogP contribution in [0.4, 0.5) is 4.79 Å². The van der Waals surface area contributed by atoms with Crippen LogP contribution in [0.2, 0.25) is 0 Å². The van der Waals surface area contributed by atoms with E-state index in [0.29, 0.717) is 0 Å². The van der Waals surface area contributed by atoms with Gasteiger partial charge >= 0.3 is 18.0 Å². The number of hydrogen-bond acceptors (Lipinski definition) is 4. The van der Waals surface area contributed by atoms with E-state index in [0.717, 1.165) is 0 Å². The van der Waals surface area contributed by atoms with Crippen molar-refractivity contribution in [2.45, 2.75) is 25.3 Å². The summed E-state index contributed by atoms with van der Waals surface area (Å²) in [5.41, 5.74) is -1.70. The fraction of sp³-hybridized carbons (Fsp3) is 0.308. The van der Waals surface area contributed by atoms with E-state index in [1.807, 2.05) is 0 Å². The average Bonchev–Trinajstić information content (AvgIpc) is 2.37. The third-order valence-corrected chi connectivity index (χ3v) is 2.64. The Morgan fingerprint density at radius 3 is 2.30 bits per heavy atom. The van der Waals surface area contributed by atoms with Crippen molar-refractivity contribution in [1.82, 2.24) is 5.32 Å². The van der Waals surface area contributed by atoms with Gasteiger partial charge in [0.25, 0.3) is 0 Å². The van der Waals surface area contributed by atoms with Crippen LogP contribution in [0.3, 0.4) is 0 Å². The summed E-state index contributed by atoms with van der Waals surface area (Å²) in [6, 6.07) is 8.12. The molecule has 1 rings (SSSR count). The Labute approximate surface area is 115 Å². The van der Waals surface area contributed by atoms with E-state index >= 15 is 0 Å². The van der Waals surface area contributed by atoms with Gasteiger partial charge in [0.1, 0.15) is 11.3 Å². The lowest BCUT2D eigenvalue weighted by atomic mass is 9.96. The number of para-hydroxylation sites is 1. The van der Waals surface area contributed by atoms with Crippen LogP contribution in [0.25, 0.3) is 0 Å². The first-order valence-corrected chi connectivity index (χ1v) is 5.84. The number of ether oxygens (including phenoxy) is 1. The summed E-state index contributed by atoms with van der Waals surface area (Å²) in [5, 5.41) is 19.9. The molecule has 0 aliphatic heterocycles. The molecule has 1 aromatic carbocycles. The monoisotopic (exact) mass is 281 g/mol. The zero-order valence-electron chi connectivity index (χ0n) is 10.8. The number of carboxylic acids is 2. The molecule has 7 nitrogen and oxygen atoms in total. The molecular formula is C13H15NO6. The highest BCUT2D eigenvalue weighted by molar-refractivity contribution is 5.85. The molecule has 7 heteroatoms. The first-order chi connectivity index (χ1) is 9.33. The van der Waals surface area contributed by atoms with Gasteiger partial charge in [-0.1, -0.05) is 18.2 Å². The zero-order valence-corrected chi connectivity index (χ0v) is 10.8. The number of carboxylic acid groups (broad SMARTS) is 2. The molecule has 0 saturated carbocycles. The number of amides is 1. The predicted octanol–water partition coefficient (Wildman–Crippen LogP) is 1.48. The zero-order chi connectivity index (χ0) is 15.2. The maximum absolute atomic E-state index is 11.6. The van der Waals surface area contributed by atoms with Gasteiger partial charge < -0.3 is 20.3 Å². The molecule has 0 bridgehead atoms. The molecule has 3 N–H and O–H groups in total. The minimum absolute atomic E-state index is 0.248. The highest BCUT2D eigenvalue weighted by Gasteiger charge is 2.35. The highest BCUT2D eigenvalue weighted by Crippen LogP contribution is 2.15. The second kappa shape index (κ2) is 6.55. The highest BCUT2D eigenvalue weighted by atomic mass is 16.6. The third-order valence-electron chi connectivity index (χ3n) is 2.64. The number of carbonyl (C=O) groups is 3.